The van der Waals surface area contributed by atoms with Gasteiger partial charge in [-0.05, 0) is 0 Å². The number of hydrogen-bond donors (Lipinski definition) is 0. The number of rotatable bonds is 0. The van der Waals surface area contributed by atoms with Crippen molar-refractivity contribution in [3.63, 3.8) is 0 Å². The van der Waals surface area contributed by atoms with Crippen LogP contribution in [0.4, 0.5) is 0 Å². The van der Waals surface area contributed by atoms with Gasteiger partial charge in [0.1, 0.15) is 0 Å². The summed E-state index contributed by atoms with van der Waals surface area (Å²) in [4.78, 5) is 0. The molecule has 0 saturated carbocycles. The van der Waals surface area contributed by atoms with Gasteiger partial charge in [0, 0.05) is 18.6 Å². The molecular weight excluding hydrogens is 198 g/mol. The van der Waals surface area contributed by atoms with Crippen molar-refractivity contribution in [2.24, 2.45) is 0 Å². The summed E-state index contributed by atoms with van der Waals surface area (Å²) in [5.74, 6) is 0. The molecule has 1 rings (SSSR count). The Morgan fingerprint density at radius 2 is 1.44 bits per heavy atom. The van der Waals surface area contributed by atoms with Gasteiger partial charge in [0.15, 0.2) is 0 Å². The van der Waals surface area contributed by atoms with E-state index in [1.54, 1.807) is 0 Å². The second kappa shape index (κ2) is 11.3. The van der Waals surface area contributed by atoms with E-state index in [4.69, 9.17) is 0 Å². The zero-order valence-electron chi connectivity index (χ0n) is 4.50. The van der Waals surface area contributed by atoms with Gasteiger partial charge in [-0.2, -0.15) is 22.0 Å². The van der Waals surface area contributed by atoms with Crippen molar-refractivity contribution in [1.82, 2.24) is 0 Å². The molecule has 0 bridgehead atoms. The second-order valence-corrected chi connectivity index (χ2v) is 1.49. The third-order valence-electron chi connectivity index (χ3n) is 0.556. The zero-order valence-corrected chi connectivity index (χ0v) is 7.41. The van der Waals surface area contributed by atoms with Crippen LogP contribution < -0.4 is 0 Å². The first-order valence-corrected chi connectivity index (χ1v) is 2.59. The monoisotopic (exact) mass is 202 g/mol. The van der Waals surface area contributed by atoms with E-state index >= 15 is 0 Å². The molecule has 0 aliphatic carbocycles. The van der Waals surface area contributed by atoms with Crippen LogP contribution in [-0.2, 0) is 22.4 Å². The van der Waals surface area contributed by atoms with Gasteiger partial charge < -0.3 is 0 Å². The van der Waals surface area contributed by atoms with Crippen LogP contribution in [0.1, 0.15) is 0 Å². The quantitative estimate of drug-likeness (QED) is 0.589. The Morgan fingerprint density at radius 3 is 1.56 bits per heavy atom. The maximum absolute atomic E-state index is 4.26. The Labute approximate surface area is 76.5 Å². The van der Waals surface area contributed by atoms with Gasteiger partial charge in [0.25, 0.3) is 0 Å². The van der Waals surface area contributed by atoms with Crippen LogP contribution in [0.5, 0.6) is 0 Å². The van der Waals surface area contributed by atoms with Gasteiger partial charge in [-0.1, -0.05) is 0 Å². The maximum atomic E-state index is 4.26. The molecule has 0 aliphatic rings. The fourth-order valence-corrected chi connectivity index (χ4v) is 0.321. The normalized spacial score (nSPS) is 6.44. The van der Waals surface area contributed by atoms with Gasteiger partial charge in [-0.3, -0.25) is 0 Å². The Hall–Kier alpha value is 0.474. The molecule has 1 radical (unpaired) electrons. The molecule has 51 valence electrons. The predicted molar refractivity (Wildman–Crippen MR) is 34.8 cm³/mol. The Bertz CT molecular complexity index is 81.9. The summed E-state index contributed by atoms with van der Waals surface area (Å²) in [6.07, 6.45) is 0. The minimum Gasteiger partial charge on any atom is -0.214 e. The van der Waals surface area contributed by atoms with E-state index in [1.807, 2.05) is 30.3 Å². The van der Waals surface area contributed by atoms with Crippen LogP contribution in [0.3, 0.4) is 0 Å². The van der Waals surface area contributed by atoms with Gasteiger partial charge in [-0.15, -0.1) is 0 Å². The fraction of sp³-hybridized carbons (Fsp3) is 0. The molecule has 0 amide bonds. The minimum absolute atomic E-state index is 0. The number of halogens is 2. The van der Waals surface area contributed by atoms with Crippen LogP contribution in [-0.4, -0.2) is 0 Å². The van der Waals surface area contributed by atoms with Crippen molar-refractivity contribution in [2.75, 3.05) is 0 Å². The van der Waals surface area contributed by atoms with E-state index < -0.39 is 0 Å². The van der Waals surface area contributed by atoms with Crippen LogP contribution >= 0.6 is 23.7 Å². The summed E-state index contributed by atoms with van der Waals surface area (Å²) in [5.41, 5.74) is 0. The molecule has 1 aromatic carbocycles. The molecule has 0 fully saturated rings. The van der Waals surface area contributed by atoms with E-state index in [1.165, 1.54) is 0 Å². The summed E-state index contributed by atoms with van der Waals surface area (Å²) in [6.45, 7) is 0. The van der Waals surface area contributed by atoms with E-state index in [0.717, 1.165) is 0 Å². The first kappa shape index (κ1) is 12.2. The van der Waals surface area contributed by atoms with Crippen molar-refractivity contribution >= 4 is 23.7 Å². The van der Waals surface area contributed by atoms with E-state index in [0.29, 0.717) is 0 Å². The standard InChI is InChI=1S/C5H5.Cl2O.V/c1-2-4-5-3-1;1-3-2;/h1-5H;;/q-1;;. The van der Waals surface area contributed by atoms with E-state index in [2.05, 4.69) is 27.6 Å². The smallest absolute Gasteiger partial charge is 0.0832 e. The summed E-state index contributed by atoms with van der Waals surface area (Å²) in [5, 5.41) is 0. The zero-order chi connectivity index (χ0) is 6.24. The van der Waals surface area contributed by atoms with E-state index in [-0.39, 0.29) is 18.6 Å². The molecule has 0 atom stereocenters. The molecule has 0 unspecified atom stereocenters. The molecule has 0 spiro atoms. The van der Waals surface area contributed by atoms with Crippen molar-refractivity contribution in [1.29, 1.82) is 0 Å². The van der Waals surface area contributed by atoms with E-state index in [9.17, 15) is 0 Å². The largest absolute Gasteiger partial charge is 0.214 e. The van der Waals surface area contributed by atoms with Crippen molar-refractivity contribution in [3.8, 4) is 0 Å². The van der Waals surface area contributed by atoms with Crippen molar-refractivity contribution < 1.29 is 22.4 Å². The molecule has 0 N–H and O–H groups in total. The molecule has 1 aromatic rings. The summed E-state index contributed by atoms with van der Waals surface area (Å²) in [7, 11) is 0. The van der Waals surface area contributed by atoms with Crippen molar-refractivity contribution in [2.45, 2.75) is 0 Å². The van der Waals surface area contributed by atoms with Crippen LogP contribution in [0.25, 0.3) is 0 Å². The van der Waals surface area contributed by atoms with Crippen molar-refractivity contribution in [3.05, 3.63) is 30.3 Å². The molecule has 0 heterocycles. The summed E-state index contributed by atoms with van der Waals surface area (Å²) >= 11 is 8.53. The molecule has 1 nitrogen and oxygen atoms in total. The topological polar surface area (TPSA) is 9.23 Å². The Morgan fingerprint density at radius 1 is 1.11 bits per heavy atom. The molecule has 0 saturated heterocycles. The van der Waals surface area contributed by atoms with Gasteiger partial charge in [0.05, 0.1) is 23.7 Å². The average molecular weight is 203 g/mol. The predicted octanol–water partition coefficient (Wildman–Crippen LogP) is 2.71. The first-order valence-electron chi connectivity index (χ1n) is 1.98. The molecule has 4 heteroatoms. The minimum atomic E-state index is 0. The molecule has 0 aliphatic heterocycles. The molecular formula is C5H5Cl2OV-. The SMILES string of the molecule is ClOCl.[V].c1cc[cH-]c1. The second-order valence-electron chi connectivity index (χ2n) is 1.02. The third kappa shape index (κ3) is 11.9. The maximum Gasteiger partial charge on any atom is 0.0832 e. The van der Waals surface area contributed by atoms with Gasteiger partial charge >= 0.3 is 0 Å². The summed E-state index contributed by atoms with van der Waals surface area (Å²) in [6, 6.07) is 10.0. The van der Waals surface area contributed by atoms with Crippen LogP contribution in [0.2, 0.25) is 0 Å². The number of hydrogen-bond acceptors (Lipinski definition) is 1. The third-order valence-corrected chi connectivity index (χ3v) is 0.556. The molecule has 0 aromatic heterocycles. The Kier molecular flexibility index (Phi) is 15.3. The van der Waals surface area contributed by atoms with Crippen LogP contribution in [0, 0.1) is 0 Å². The Balaban J connectivity index is 0. The average Bonchev–Trinajstić information content (AvgIpc) is 2.17. The first-order chi connectivity index (χ1) is 3.91. The van der Waals surface area contributed by atoms with Gasteiger partial charge in [-0.25, -0.2) is 12.1 Å². The molecule has 9 heavy (non-hydrogen) atoms. The van der Waals surface area contributed by atoms with Gasteiger partial charge in [0.2, 0.25) is 0 Å². The fourth-order valence-electron chi connectivity index (χ4n) is 0.321. The van der Waals surface area contributed by atoms with Crippen LogP contribution in [0.15, 0.2) is 30.3 Å². The summed E-state index contributed by atoms with van der Waals surface area (Å²) < 4.78 is 3.19.